The van der Waals surface area contributed by atoms with Gasteiger partial charge in [0.25, 0.3) is 0 Å². The highest BCUT2D eigenvalue weighted by atomic mass is 16.5. The Balaban J connectivity index is 1.85. The summed E-state index contributed by atoms with van der Waals surface area (Å²) in [4.78, 5) is 19.1. The third-order valence-corrected chi connectivity index (χ3v) is 3.23. The third kappa shape index (κ3) is 3.18. The fourth-order valence-electron chi connectivity index (χ4n) is 2.19. The van der Waals surface area contributed by atoms with Gasteiger partial charge in [0.15, 0.2) is 0 Å². The maximum atomic E-state index is 5.50. The molecule has 9 heteroatoms. The predicted molar refractivity (Wildman–Crippen MR) is 76.5 cm³/mol. The molecule has 0 bridgehead atoms. The van der Waals surface area contributed by atoms with E-state index in [2.05, 4.69) is 35.3 Å². The topological polar surface area (TPSA) is 93.9 Å². The number of hydrogen-bond donors (Lipinski definition) is 1. The van der Waals surface area contributed by atoms with Crippen molar-refractivity contribution in [2.24, 2.45) is 7.05 Å². The van der Waals surface area contributed by atoms with E-state index in [0.29, 0.717) is 11.9 Å². The van der Waals surface area contributed by atoms with Gasteiger partial charge in [0.05, 0.1) is 0 Å². The lowest BCUT2D eigenvalue weighted by Gasteiger charge is -2.26. The lowest BCUT2D eigenvalue weighted by Crippen LogP contribution is -2.31. The number of piperidine rings is 1. The summed E-state index contributed by atoms with van der Waals surface area (Å²) in [5.41, 5.74) is 0. The van der Waals surface area contributed by atoms with Crippen molar-refractivity contribution in [1.29, 1.82) is 0 Å². The molecule has 2 aromatic heterocycles. The minimum absolute atomic E-state index is 0.195. The summed E-state index contributed by atoms with van der Waals surface area (Å²) in [6.07, 6.45) is 5.11. The van der Waals surface area contributed by atoms with Gasteiger partial charge in [-0.2, -0.15) is 19.9 Å². The molecule has 0 aliphatic carbocycles. The van der Waals surface area contributed by atoms with Crippen LogP contribution in [0.25, 0.3) is 0 Å². The summed E-state index contributed by atoms with van der Waals surface area (Å²) in [5, 5.41) is 6.98. The molecule has 0 amide bonds. The standard InChI is InChI=1S/C12H18N8O/c1-13-9-15-10(20-6-4-3-5-7-20)17-12(16-9)21-11-14-8-19(2)18-11/h8H,3-7H2,1-2H3,(H,13,15,16,17). The summed E-state index contributed by atoms with van der Waals surface area (Å²) in [7, 11) is 3.53. The van der Waals surface area contributed by atoms with Crippen LogP contribution in [0.5, 0.6) is 12.0 Å². The Hall–Kier alpha value is -2.45. The van der Waals surface area contributed by atoms with E-state index in [1.54, 1.807) is 25.1 Å². The molecule has 112 valence electrons. The van der Waals surface area contributed by atoms with Crippen LogP contribution in [0.2, 0.25) is 0 Å². The first-order chi connectivity index (χ1) is 10.2. The van der Waals surface area contributed by atoms with Crippen LogP contribution in [0.15, 0.2) is 6.33 Å². The van der Waals surface area contributed by atoms with Crippen molar-refractivity contribution in [2.45, 2.75) is 19.3 Å². The Labute approximate surface area is 122 Å². The van der Waals surface area contributed by atoms with Crippen LogP contribution in [-0.4, -0.2) is 49.9 Å². The van der Waals surface area contributed by atoms with E-state index in [0.717, 1.165) is 25.9 Å². The van der Waals surface area contributed by atoms with Crippen molar-refractivity contribution < 1.29 is 4.74 Å². The van der Waals surface area contributed by atoms with Crippen molar-refractivity contribution in [3.05, 3.63) is 6.33 Å². The molecule has 1 N–H and O–H groups in total. The molecular formula is C12H18N8O. The molecule has 21 heavy (non-hydrogen) atoms. The van der Waals surface area contributed by atoms with Crippen molar-refractivity contribution in [1.82, 2.24) is 29.7 Å². The summed E-state index contributed by atoms with van der Waals surface area (Å²) in [5.74, 6) is 1.09. The monoisotopic (exact) mass is 290 g/mol. The van der Waals surface area contributed by atoms with E-state index in [-0.39, 0.29) is 12.0 Å². The lowest BCUT2D eigenvalue weighted by atomic mass is 10.1. The Morgan fingerprint density at radius 3 is 2.57 bits per heavy atom. The quantitative estimate of drug-likeness (QED) is 0.884. The fraction of sp³-hybridized carbons (Fsp3) is 0.583. The van der Waals surface area contributed by atoms with E-state index in [1.807, 2.05) is 0 Å². The second-order valence-corrected chi connectivity index (χ2v) is 4.84. The van der Waals surface area contributed by atoms with E-state index in [1.165, 1.54) is 6.42 Å². The van der Waals surface area contributed by atoms with Crippen LogP contribution in [0.4, 0.5) is 11.9 Å². The second-order valence-electron chi connectivity index (χ2n) is 4.84. The first-order valence-corrected chi connectivity index (χ1v) is 6.97. The molecule has 0 spiro atoms. The SMILES string of the molecule is CNc1nc(Oc2ncn(C)n2)nc(N2CCCCC2)n1. The van der Waals surface area contributed by atoms with Crippen LogP contribution in [0, 0.1) is 0 Å². The zero-order valence-electron chi connectivity index (χ0n) is 12.2. The molecule has 1 saturated heterocycles. The van der Waals surface area contributed by atoms with Crippen LogP contribution in [0.3, 0.4) is 0 Å². The molecule has 1 aliphatic rings. The van der Waals surface area contributed by atoms with Gasteiger partial charge in [0.1, 0.15) is 6.33 Å². The lowest BCUT2D eigenvalue weighted by molar-refractivity contribution is 0.403. The molecule has 3 heterocycles. The Bertz CT molecular complexity index is 607. The number of nitrogens with zero attached hydrogens (tertiary/aromatic N) is 7. The van der Waals surface area contributed by atoms with Crippen LogP contribution < -0.4 is 15.0 Å². The van der Waals surface area contributed by atoms with Crippen molar-refractivity contribution in [3.8, 4) is 12.0 Å². The molecular weight excluding hydrogens is 272 g/mol. The third-order valence-electron chi connectivity index (χ3n) is 3.23. The molecule has 0 atom stereocenters. The minimum Gasteiger partial charge on any atom is -0.387 e. The molecule has 1 fully saturated rings. The van der Waals surface area contributed by atoms with Crippen LogP contribution in [0.1, 0.15) is 19.3 Å². The number of ether oxygens (including phenoxy) is 1. The zero-order valence-corrected chi connectivity index (χ0v) is 12.2. The zero-order chi connectivity index (χ0) is 14.7. The van der Waals surface area contributed by atoms with Gasteiger partial charge in [0.2, 0.25) is 11.9 Å². The fourth-order valence-corrected chi connectivity index (χ4v) is 2.19. The van der Waals surface area contributed by atoms with Gasteiger partial charge in [-0.15, -0.1) is 5.10 Å². The average Bonchev–Trinajstić information content (AvgIpc) is 2.93. The summed E-state index contributed by atoms with van der Waals surface area (Å²) in [6.45, 7) is 1.91. The van der Waals surface area contributed by atoms with Crippen LogP contribution >= 0.6 is 0 Å². The molecule has 0 saturated carbocycles. The number of nitrogens with one attached hydrogen (secondary N) is 1. The van der Waals surface area contributed by atoms with Gasteiger partial charge in [-0.1, -0.05) is 0 Å². The minimum atomic E-state index is 0.195. The van der Waals surface area contributed by atoms with Gasteiger partial charge >= 0.3 is 12.0 Å². The highest BCUT2D eigenvalue weighted by Crippen LogP contribution is 2.21. The first-order valence-electron chi connectivity index (χ1n) is 6.97. The maximum absolute atomic E-state index is 5.50. The van der Waals surface area contributed by atoms with E-state index < -0.39 is 0 Å². The maximum Gasteiger partial charge on any atom is 0.343 e. The van der Waals surface area contributed by atoms with Crippen LogP contribution in [-0.2, 0) is 7.05 Å². The number of rotatable bonds is 4. The molecule has 0 unspecified atom stereocenters. The van der Waals surface area contributed by atoms with Crippen molar-refractivity contribution >= 4 is 11.9 Å². The average molecular weight is 290 g/mol. The largest absolute Gasteiger partial charge is 0.387 e. The number of aromatic nitrogens is 6. The van der Waals surface area contributed by atoms with Gasteiger partial charge in [-0.3, -0.25) is 4.68 Å². The van der Waals surface area contributed by atoms with Gasteiger partial charge in [0, 0.05) is 27.2 Å². The summed E-state index contributed by atoms with van der Waals surface area (Å²) >= 11 is 0. The van der Waals surface area contributed by atoms with Gasteiger partial charge in [-0.05, 0) is 19.3 Å². The molecule has 3 rings (SSSR count). The number of aryl methyl sites for hydroxylation is 1. The molecule has 9 nitrogen and oxygen atoms in total. The first kappa shape index (κ1) is 13.5. The van der Waals surface area contributed by atoms with Crippen molar-refractivity contribution in [3.63, 3.8) is 0 Å². The summed E-state index contributed by atoms with van der Waals surface area (Å²) in [6, 6.07) is 0.413. The second kappa shape index (κ2) is 5.90. The Morgan fingerprint density at radius 1 is 1.10 bits per heavy atom. The van der Waals surface area contributed by atoms with E-state index in [4.69, 9.17) is 4.74 Å². The van der Waals surface area contributed by atoms with Gasteiger partial charge < -0.3 is 15.0 Å². The van der Waals surface area contributed by atoms with Crippen molar-refractivity contribution in [2.75, 3.05) is 30.4 Å². The Kier molecular flexibility index (Phi) is 3.80. The van der Waals surface area contributed by atoms with E-state index in [9.17, 15) is 0 Å². The molecule has 2 aromatic rings. The van der Waals surface area contributed by atoms with Gasteiger partial charge in [-0.25, -0.2) is 0 Å². The number of anilines is 2. The highest BCUT2D eigenvalue weighted by molar-refractivity contribution is 5.38. The molecule has 0 radical (unpaired) electrons. The van der Waals surface area contributed by atoms with E-state index >= 15 is 0 Å². The Morgan fingerprint density at radius 2 is 1.90 bits per heavy atom. The predicted octanol–water partition coefficient (Wildman–Crippen LogP) is 0.824. The normalized spacial score (nSPS) is 15.0. The summed E-state index contributed by atoms with van der Waals surface area (Å²) < 4.78 is 7.06. The smallest absolute Gasteiger partial charge is 0.343 e. The molecule has 1 aliphatic heterocycles. The highest BCUT2D eigenvalue weighted by Gasteiger charge is 2.17. The molecule has 0 aromatic carbocycles. The number of hydrogen-bond acceptors (Lipinski definition) is 8.